The van der Waals surface area contributed by atoms with E-state index in [4.69, 9.17) is 14.2 Å². The number of hydrogen-bond acceptors (Lipinski definition) is 6. The maximum absolute atomic E-state index is 12.9. The monoisotopic (exact) mass is 483 g/mol. The fraction of sp³-hybridized carbons (Fsp3) is 0.350. The molecule has 0 amide bonds. The molecule has 29 heavy (non-hydrogen) atoms. The number of carbonyl (C=O) groups excluding carboxylic acids is 1. The standard InChI is InChI=1S/C20H22BrNO6S/c1-15-5-6-16(13-19(15)29(24,25)22-7-9-26-10-8-22)20(23)28-12-11-27-18-4-2-3-17(21)14-18/h2-6,13-14H,7-12H2,1H3. The van der Waals surface area contributed by atoms with Gasteiger partial charge in [0.1, 0.15) is 19.0 Å². The summed E-state index contributed by atoms with van der Waals surface area (Å²) in [5, 5.41) is 0. The Morgan fingerprint density at radius 1 is 1.14 bits per heavy atom. The summed E-state index contributed by atoms with van der Waals surface area (Å²) in [6, 6.07) is 11.9. The molecule has 0 radical (unpaired) electrons. The van der Waals surface area contributed by atoms with Gasteiger partial charge in [-0.3, -0.25) is 0 Å². The zero-order valence-corrected chi connectivity index (χ0v) is 18.4. The second-order valence-electron chi connectivity index (χ2n) is 6.44. The van der Waals surface area contributed by atoms with E-state index in [1.165, 1.54) is 10.4 Å². The van der Waals surface area contributed by atoms with Crippen molar-refractivity contribution in [1.82, 2.24) is 4.31 Å². The molecule has 1 aliphatic rings. The fourth-order valence-electron chi connectivity index (χ4n) is 2.87. The van der Waals surface area contributed by atoms with Crippen molar-refractivity contribution < 1.29 is 27.4 Å². The number of morpholine rings is 1. The molecule has 0 atom stereocenters. The van der Waals surface area contributed by atoms with E-state index in [9.17, 15) is 13.2 Å². The van der Waals surface area contributed by atoms with Crippen molar-refractivity contribution in [2.24, 2.45) is 0 Å². The van der Waals surface area contributed by atoms with E-state index in [2.05, 4.69) is 15.9 Å². The van der Waals surface area contributed by atoms with Gasteiger partial charge in [0.25, 0.3) is 0 Å². The van der Waals surface area contributed by atoms with E-state index in [1.807, 2.05) is 18.2 Å². The van der Waals surface area contributed by atoms with E-state index in [0.29, 0.717) is 37.6 Å². The summed E-state index contributed by atoms with van der Waals surface area (Å²) in [7, 11) is -3.70. The molecule has 0 saturated carbocycles. The van der Waals surface area contributed by atoms with Gasteiger partial charge in [-0.1, -0.05) is 28.1 Å². The lowest BCUT2D eigenvalue weighted by atomic mass is 10.1. The van der Waals surface area contributed by atoms with E-state index in [0.717, 1.165) is 4.47 Å². The van der Waals surface area contributed by atoms with Crippen molar-refractivity contribution in [1.29, 1.82) is 0 Å². The number of esters is 1. The van der Waals surface area contributed by atoms with E-state index < -0.39 is 16.0 Å². The highest BCUT2D eigenvalue weighted by atomic mass is 79.9. The first kappa shape index (κ1) is 21.8. The van der Waals surface area contributed by atoms with Crippen molar-refractivity contribution in [2.45, 2.75) is 11.8 Å². The molecular formula is C20H22BrNO6S. The van der Waals surface area contributed by atoms with Crippen LogP contribution in [0.15, 0.2) is 51.8 Å². The van der Waals surface area contributed by atoms with Gasteiger partial charge >= 0.3 is 5.97 Å². The van der Waals surface area contributed by atoms with Gasteiger partial charge in [0.05, 0.1) is 23.7 Å². The molecule has 1 heterocycles. The first-order valence-corrected chi connectivity index (χ1v) is 11.4. The lowest BCUT2D eigenvalue weighted by Gasteiger charge is -2.26. The van der Waals surface area contributed by atoms with Crippen molar-refractivity contribution in [2.75, 3.05) is 39.5 Å². The van der Waals surface area contributed by atoms with Crippen LogP contribution < -0.4 is 4.74 Å². The number of nitrogens with zero attached hydrogens (tertiary/aromatic N) is 1. The van der Waals surface area contributed by atoms with E-state index >= 15 is 0 Å². The molecule has 2 aromatic carbocycles. The molecule has 0 spiro atoms. The van der Waals surface area contributed by atoms with Crippen LogP contribution in [0.25, 0.3) is 0 Å². The van der Waals surface area contributed by atoms with Gasteiger partial charge in [0.15, 0.2) is 0 Å². The largest absolute Gasteiger partial charge is 0.490 e. The number of rotatable bonds is 7. The summed E-state index contributed by atoms with van der Waals surface area (Å²) in [6.07, 6.45) is 0. The summed E-state index contributed by atoms with van der Waals surface area (Å²) < 4.78 is 44.1. The molecule has 156 valence electrons. The number of carbonyl (C=O) groups is 1. The van der Waals surface area contributed by atoms with Crippen molar-refractivity contribution in [3.8, 4) is 5.75 Å². The average molecular weight is 484 g/mol. The van der Waals surface area contributed by atoms with Gasteiger partial charge in [0.2, 0.25) is 10.0 Å². The van der Waals surface area contributed by atoms with E-state index in [1.54, 1.807) is 25.1 Å². The molecule has 0 aliphatic carbocycles. The highest BCUT2D eigenvalue weighted by Crippen LogP contribution is 2.23. The number of sulfonamides is 1. The Balaban J connectivity index is 1.63. The van der Waals surface area contributed by atoms with Gasteiger partial charge in [-0.2, -0.15) is 4.31 Å². The Kier molecular flexibility index (Phi) is 7.28. The summed E-state index contributed by atoms with van der Waals surface area (Å²) in [5.74, 6) is 0.0610. The topological polar surface area (TPSA) is 82.1 Å². The van der Waals surface area contributed by atoms with Gasteiger partial charge in [-0.25, -0.2) is 13.2 Å². The summed E-state index contributed by atoms with van der Waals surface area (Å²) >= 11 is 3.36. The van der Waals surface area contributed by atoms with Gasteiger partial charge in [-0.05, 0) is 42.8 Å². The first-order valence-electron chi connectivity index (χ1n) is 9.12. The van der Waals surface area contributed by atoms with Crippen LogP contribution in [0.3, 0.4) is 0 Å². The smallest absolute Gasteiger partial charge is 0.338 e. The van der Waals surface area contributed by atoms with E-state index in [-0.39, 0.29) is 23.7 Å². The lowest BCUT2D eigenvalue weighted by Crippen LogP contribution is -2.40. The van der Waals surface area contributed by atoms with Crippen LogP contribution >= 0.6 is 15.9 Å². The lowest BCUT2D eigenvalue weighted by molar-refractivity contribution is 0.0450. The normalized spacial score (nSPS) is 15.1. The molecule has 1 saturated heterocycles. The number of aryl methyl sites for hydroxylation is 1. The van der Waals surface area contributed by atoms with Crippen molar-refractivity contribution in [3.05, 3.63) is 58.1 Å². The van der Waals surface area contributed by atoms with Gasteiger partial charge in [0, 0.05) is 17.6 Å². The minimum Gasteiger partial charge on any atom is -0.490 e. The summed E-state index contributed by atoms with van der Waals surface area (Å²) in [4.78, 5) is 12.5. The zero-order valence-electron chi connectivity index (χ0n) is 16.0. The molecule has 0 aromatic heterocycles. The summed E-state index contributed by atoms with van der Waals surface area (Å²) in [5.41, 5.74) is 0.760. The zero-order chi connectivity index (χ0) is 20.9. The Labute approximate surface area is 178 Å². The Hall–Kier alpha value is -1.94. The third-order valence-electron chi connectivity index (χ3n) is 4.39. The first-order chi connectivity index (χ1) is 13.9. The predicted octanol–water partition coefficient (Wildman–Crippen LogP) is 3.01. The second-order valence-corrected chi connectivity index (χ2v) is 9.26. The van der Waals surface area contributed by atoms with Crippen LogP contribution in [-0.4, -0.2) is 58.2 Å². The van der Waals surface area contributed by atoms with Crippen LogP contribution in [0.2, 0.25) is 0 Å². The third kappa shape index (κ3) is 5.57. The third-order valence-corrected chi connectivity index (χ3v) is 6.93. The van der Waals surface area contributed by atoms with Crippen molar-refractivity contribution in [3.63, 3.8) is 0 Å². The van der Waals surface area contributed by atoms with Crippen LogP contribution in [0.4, 0.5) is 0 Å². The molecule has 3 rings (SSSR count). The maximum atomic E-state index is 12.9. The molecule has 2 aromatic rings. The molecular weight excluding hydrogens is 462 g/mol. The molecule has 0 N–H and O–H groups in total. The minimum absolute atomic E-state index is 0.0464. The van der Waals surface area contributed by atoms with Crippen LogP contribution in [0, 0.1) is 6.92 Å². The molecule has 0 bridgehead atoms. The molecule has 0 unspecified atom stereocenters. The maximum Gasteiger partial charge on any atom is 0.338 e. The number of halogens is 1. The number of hydrogen-bond donors (Lipinski definition) is 0. The van der Waals surface area contributed by atoms with Crippen LogP contribution in [0.1, 0.15) is 15.9 Å². The van der Waals surface area contributed by atoms with Crippen LogP contribution in [-0.2, 0) is 19.5 Å². The number of ether oxygens (including phenoxy) is 3. The van der Waals surface area contributed by atoms with Crippen molar-refractivity contribution >= 4 is 31.9 Å². The fourth-order valence-corrected chi connectivity index (χ4v) is 4.90. The Bertz CT molecular complexity index is 973. The molecule has 7 nitrogen and oxygen atoms in total. The van der Waals surface area contributed by atoms with Crippen LogP contribution in [0.5, 0.6) is 5.75 Å². The average Bonchev–Trinajstić information content (AvgIpc) is 2.72. The summed E-state index contributed by atoms with van der Waals surface area (Å²) in [6.45, 7) is 3.24. The second kappa shape index (κ2) is 9.71. The Morgan fingerprint density at radius 3 is 2.62 bits per heavy atom. The Morgan fingerprint density at radius 2 is 1.90 bits per heavy atom. The molecule has 1 aliphatic heterocycles. The predicted molar refractivity (Wildman–Crippen MR) is 111 cm³/mol. The minimum atomic E-state index is -3.70. The highest BCUT2D eigenvalue weighted by Gasteiger charge is 2.28. The molecule has 9 heteroatoms. The van der Waals surface area contributed by atoms with Gasteiger partial charge < -0.3 is 14.2 Å². The SMILES string of the molecule is Cc1ccc(C(=O)OCCOc2cccc(Br)c2)cc1S(=O)(=O)N1CCOCC1. The van der Waals surface area contributed by atoms with Gasteiger partial charge in [-0.15, -0.1) is 0 Å². The number of benzene rings is 2. The highest BCUT2D eigenvalue weighted by molar-refractivity contribution is 9.10. The molecule has 1 fully saturated rings. The quantitative estimate of drug-likeness (QED) is 0.444.